The van der Waals surface area contributed by atoms with Crippen molar-refractivity contribution in [1.82, 2.24) is 15.0 Å². The van der Waals surface area contributed by atoms with Crippen molar-refractivity contribution in [1.29, 1.82) is 5.26 Å². The van der Waals surface area contributed by atoms with Crippen molar-refractivity contribution in [2.75, 3.05) is 13.7 Å². The molecule has 1 saturated heterocycles. The molecule has 0 unspecified atom stereocenters. The number of nitriles is 1. The number of aliphatic hydroxyl groups is 2. The Morgan fingerprint density at radius 2 is 1.97 bits per heavy atom. The second-order valence-electron chi connectivity index (χ2n) is 10.1. The van der Waals surface area contributed by atoms with Gasteiger partial charge in [-0.3, -0.25) is 0 Å². The van der Waals surface area contributed by atoms with Crippen LogP contribution in [0.4, 0.5) is 13.2 Å². The number of oxime groups is 1. The van der Waals surface area contributed by atoms with E-state index >= 15 is 0 Å². The molecule has 3 aliphatic rings. The Balaban J connectivity index is 1.36. The van der Waals surface area contributed by atoms with Crippen LogP contribution in [0, 0.1) is 34.7 Å². The first-order valence-electron chi connectivity index (χ1n) is 12.5. The molecule has 13 heteroatoms. The van der Waals surface area contributed by atoms with Crippen LogP contribution in [0.3, 0.4) is 0 Å². The van der Waals surface area contributed by atoms with Crippen LogP contribution in [0.25, 0.3) is 11.3 Å². The number of halogens is 3. The topological polar surface area (TPSA) is 135 Å². The Kier molecular flexibility index (Phi) is 7.41. The molecule has 3 heterocycles. The molecule has 0 bridgehead atoms. The molecule has 1 aliphatic carbocycles. The van der Waals surface area contributed by atoms with Crippen LogP contribution in [0.1, 0.15) is 44.6 Å². The number of aromatic nitrogens is 3. The SMILES string of the molecule is CO[C@@H]1[C@@H](n2cc(-c3ccc(F)c(F)c3F)nn2)[C@@H](O)[C@@H](CO)O[C@@H]1CC1=NOC2(CCC(C#N)CC2)C1. The molecular formula is C25H28F3N5O5. The van der Waals surface area contributed by atoms with Crippen molar-refractivity contribution in [3.05, 3.63) is 35.8 Å². The molecule has 10 nitrogen and oxygen atoms in total. The van der Waals surface area contributed by atoms with E-state index in [9.17, 15) is 28.6 Å². The van der Waals surface area contributed by atoms with Crippen molar-refractivity contribution in [2.45, 2.75) is 74.6 Å². The number of aliphatic hydroxyl groups excluding tert-OH is 2. The van der Waals surface area contributed by atoms with E-state index in [0.717, 1.165) is 43.5 Å². The van der Waals surface area contributed by atoms with E-state index in [1.807, 2.05) is 0 Å². The predicted octanol–water partition coefficient (Wildman–Crippen LogP) is 2.66. The highest BCUT2D eigenvalue weighted by molar-refractivity contribution is 5.86. The molecule has 1 aromatic heterocycles. The molecule has 1 saturated carbocycles. The lowest BCUT2D eigenvalue weighted by Crippen LogP contribution is -2.57. The third-order valence-electron chi connectivity index (χ3n) is 7.77. The number of benzene rings is 1. The van der Waals surface area contributed by atoms with Crippen LogP contribution in [-0.2, 0) is 14.3 Å². The maximum atomic E-state index is 14.4. The van der Waals surface area contributed by atoms with Gasteiger partial charge in [-0.1, -0.05) is 10.4 Å². The molecule has 0 radical (unpaired) electrons. The summed E-state index contributed by atoms with van der Waals surface area (Å²) in [5.41, 5.74) is -0.0717. The van der Waals surface area contributed by atoms with Gasteiger partial charge in [0.05, 0.1) is 30.7 Å². The van der Waals surface area contributed by atoms with Crippen LogP contribution >= 0.6 is 0 Å². The Morgan fingerprint density at radius 1 is 1.21 bits per heavy atom. The molecule has 204 valence electrons. The van der Waals surface area contributed by atoms with Gasteiger partial charge in [0.2, 0.25) is 0 Å². The summed E-state index contributed by atoms with van der Waals surface area (Å²) >= 11 is 0. The molecular weight excluding hydrogens is 507 g/mol. The standard InChI is InChI=1S/C25H28F3N5O5/c1-36-24-18(8-14-9-25(38-31-14)6-4-13(10-29)5-7-25)37-19(12-34)23(35)22(24)33-11-17(30-32-33)15-2-3-16(26)21(28)20(15)27/h2-3,11,13,18-19,22-24,34-35H,4-9,12H2,1H3/t13?,18-,19-,22+,23+,24+,25?/m1/s1. The molecule has 1 aromatic carbocycles. The van der Waals surface area contributed by atoms with E-state index in [1.165, 1.54) is 18.0 Å². The zero-order valence-electron chi connectivity index (χ0n) is 20.6. The Bertz CT molecular complexity index is 1240. The van der Waals surface area contributed by atoms with Crippen LogP contribution in [0.5, 0.6) is 0 Å². The zero-order chi connectivity index (χ0) is 27.0. The van der Waals surface area contributed by atoms with Gasteiger partial charge in [0, 0.05) is 31.4 Å². The highest BCUT2D eigenvalue weighted by atomic mass is 19.2. The number of hydrogen-bond acceptors (Lipinski definition) is 9. The first kappa shape index (κ1) is 26.6. The van der Waals surface area contributed by atoms with Gasteiger partial charge in [-0.25, -0.2) is 17.9 Å². The van der Waals surface area contributed by atoms with E-state index in [1.54, 1.807) is 0 Å². The number of ether oxygens (including phenoxy) is 2. The Morgan fingerprint density at radius 3 is 2.66 bits per heavy atom. The zero-order valence-corrected chi connectivity index (χ0v) is 20.6. The van der Waals surface area contributed by atoms with Crippen LogP contribution < -0.4 is 0 Å². The number of rotatable bonds is 6. The smallest absolute Gasteiger partial charge is 0.195 e. The summed E-state index contributed by atoms with van der Waals surface area (Å²) in [6.45, 7) is -0.494. The van der Waals surface area contributed by atoms with E-state index < -0.39 is 60.1 Å². The second-order valence-corrected chi connectivity index (χ2v) is 10.1. The molecule has 5 rings (SSSR count). The molecule has 0 amide bonds. The summed E-state index contributed by atoms with van der Waals surface area (Å²) in [5, 5.41) is 42.3. The third kappa shape index (κ3) is 4.77. The second kappa shape index (κ2) is 10.6. The highest BCUT2D eigenvalue weighted by Crippen LogP contribution is 2.42. The maximum Gasteiger partial charge on any atom is 0.195 e. The van der Waals surface area contributed by atoms with E-state index in [-0.39, 0.29) is 17.2 Å². The monoisotopic (exact) mass is 535 g/mol. The van der Waals surface area contributed by atoms with Crippen LogP contribution in [0.15, 0.2) is 23.5 Å². The molecule has 1 spiro atoms. The molecule has 2 aromatic rings. The lowest BCUT2D eigenvalue weighted by molar-refractivity contribution is -0.210. The summed E-state index contributed by atoms with van der Waals surface area (Å²) in [7, 11) is 1.44. The first-order chi connectivity index (χ1) is 18.3. The minimum Gasteiger partial charge on any atom is -0.394 e. The fourth-order valence-corrected chi connectivity index (χ4v) is 5.68. The Hall–Kier alpha value is -3.05. The van der Waals surface area contributed by atoms with Crippen molar-refractivity contribution < 1.29 is 37.7 Å². The van der Waals surface area contributed by atoms with Gasteiger partial charge in [-0.05, 0) is 37.8 Å². The fourth-order valence-electron chi connectivity index (χ4n) is 5.68. The van der Waals surface area contributed by atoms with Gasteiger partial charge in [0.15, 0.2) is 17.5 Å². The minimum atomic E-state index is -1.63. The minimum absolute atomic E-state index is 0.0211. The average Bonchev–Trinajstić information content (AvgIpc) is 3.56. The number of nitrogens with zero attached hydrogens (tertiary/aromatic N) is 5. The van der Waals surface area contributed by atoms with Crippen molar-refractivity contribution in [3.63, 3.8) is 0 Å². The number of hydrogen-bond donors (Lipinski definition) is 2. The average molecular weight is 536 g/mol. The molecule has 5 atom stereocenters. The molecule has 2 aliphatic heterocycles. The number of methoxy groups -OCH3 is 1. The summed E-state index contributed by atoms with van der Waals surface area (Å²) in [6, 6.07) is 3.24. The van der Waals surface area contributed by atoms with E-state index in [0.29, 0.717) is 12.8 Å². The van der Waals surface area contributed by atoms with Gasteiger partial charge in [-0.15, -0.1) is 5.10 Å². The van der Waals surface area contributed by atoms with Crippen molar-refractivity contribution in [2.24, 2.45) is 11.1 Å². The van der Waals surface area contributed by atoms with Crippen molar-refractivity contribution in [3.8, 4) is 17.3 Å². The van der Waals surface area contributed by atoms with Gasteiger partial charge in [0.1, 0.15) is 35.6 Å². The summed E-state index contributed by atoms with van der Waals surface area (Å²) in [6.07, 6.45) is 1.37. The van der Waals surface area contributed by atoms with Gasteiger partial charge in [-0.2, -0.15) is 5.26 Å². The summed E-state index contributed by atoms with van der Waals surface area (Å²) in [5.74, 6) is -4.34. The van der Waals surface area contributed by atoms with Crippen LogP contribution in [0.2, 0.25) is 0 Å². The van der Waals surface area contributed by atoms with Crippen molar-refractivity contribution >= 4 is 5.71 Å². The lowest BCUT2D eigenvalue weighted by Gasteiger charge is -2.43. The molecule has 2 fully saturated rings. The van der Waals surface area contributed by atoms with Gasteiger partial charge < -0.3 is 24.5 Å². The predicted molar refractivity (Wildman–Crippen MR) is 125 cm³/mol. The summed E-state index contributed by atoms with van der Waals surface area (Å²) in [4.78, 5) is 5.83. The first-order valence-corrected chi connectivity index (χ1v) is 12.5. The maximum absolute atomic E-state index is 14.4. The largest absolute Gasteiger partial charge is 0.394 e. The summed E-state index contributed by atoms with van der Waals surface area (Å²) < 4.78 is 54.5. The quantitative estimate of drug-likeness (QED) is 0.539. The lowest BCUT2D eigenvalue weighted by atomic mass is 9.76. The fraction of sp³-hybridized carbons (Fsp3) is 0.600. The van der Waals surface area contributed by atoms with Gasteiger partial charge >= 0.3 is 0 Å². The molecule has 2 N–H and O–H groups in total. The normalized spacial score (nSPS) is 33.1. The third-order valence-corrected chi connectivity index (χ3v) is 7.77. The molecule has 38 heavy (non-hydrogen) atoms. The van der Waals surface area contributed by atoms with Gasteiger partial charge in [0.25, 0.3) is 0 Å². The van der Waals surface area contributed by atoms with Crippen LogP contribution in [-0.4, -0.2) is 74.7 Å². The van der Waals surface area contributed by atoms with E-state index in [2.05, 4.69) is 21.5 Å². The Labute approximate surface area is 216 Å². The highest BCUT2D eigenvalue weighted by Gasteiger charge is 2.49. The van der Waals surface area contributed by atoms with E-state index in [4.69, 9.17) is 14.3 Å².